The highest BCUT2D eigenvalue weighted by molar-refractivity contribution is 5.96. The predicted molar refractivity (Wildman–Crippen MR) is 185 cm³/mol. The van der Waals surface area contributed by atoms with Crippen LogP contribution >= 0.6 is 0 Å². The second kappa shape index (κ2) is 16.5. The molecule has 0 spiro atoms. The number of alkyl carbamates (subject to hydrolysis) is 1. The molecule has 1 aromatic rings. The molecule has 0 aromatic heterocycles. The number of ether oxygens (including phenoxy) is 1. The Hall–Kier alpha value is -4.29. The van der Waals surface area contributed by atoms with Gasteiger partial charge in [0.05, 0.1) is 12.6 Å². The molecule has 0 saturated carbocycles. The highest BCUT2D eigenvalue weighted by Gasteiger charge is 2.41. The zero-order valence-corrected chi connectivity index (χ0v) is 30.1. The standard InChI is InChI=1S/C34H56N8O5/c1-23(39(7)8)25(21-24-17-14-13-15-18-24)36-30(45)34(5,6)38-28(43)27-19-16-20-42(27)29(44)26(37-32(46)47-33(2,3)4)22-35-31(40(9)10)41(11)12/h13-15,17-18,25-27H,1,16,19-22H2,2-12H3,(H,36,45)(H,37,46)(H,38,43)/t25-,26-,27+/m0/s1. The maximum Gasteiger partial charge on any atom is 0.408 e. The Labute approximate surface area is 280 Å². The molecule has 0 bridgehead atoms. The molecule has 4 amide bonds. The Bertz CT molecular complexity index is 1280. The van der Waals surface area contributed by atoms with Crippen LogP contribution < -0.4 is 16.0 Å². The first-order valence-electron chi connectivity index (χ1n) is 16.0. The third-order valence-corrected chi connectivity index (χ3v) is 7.61. The molecule has 1 aromatic carbocycles. The third kappa shape index (κ3) is 11.8. The van der Waals surface area contributed by atoms with Crippen molar-refractivity contribution >= 4 is 29.8 Å². The number of hydrogen-bond donors (Lipinski definition) is 3. The summed E-state index contributed by atoms with van der Waals surface area (Å²) in [7, 11) is 11.0. The number of nitrogens with zero attached hydrogens (tertiary/aromatic N) is 5. The summed E-state index contributed by atoms with van der Waals surface area (Å²) in [5.74, 6) is -0.699. The normalized spacial score (nSPS) is 15.9. The number of likely N-dealkylation sites (tertiary alicyclic amines) is 1. The van der Waals surface area contributed by atoms with E-state index in [0.29, 0.717) is 31.8 Å². The Morgan fingerprint density at radius 3 is 2.06 bits per heavy atom. The van der Waals surface area contributed by atoms with Crippen LogP contribution in [0.5, 0.6) is 0 Å². The fourth-order valence-electron chi connectivity index (χ4n) is 5.19. The van der Waals surface area contributed by atoms with Gasteiger partial charge in [0.25, 0.3) is 0 Å². The molecule has 13 heteroatoms. The fourth-order valence-corrected chi connectivity index (χ4v) is 5.19. The van der Waals surface area contributed by atoms with Gasteiger partial charge in [-0.3, -0.25) is 19.4 Å². The maximum atomic E-state index is 14.0. The van der Waals surface area contributed by atoms with Crippen molar-refractivity contribution in [2.45, 2.75) is 83.1 Å². The van der Waals surface area contributed by atoms with Crippen LogP contribution in [0, 0.1) is 0 Å². The molecule has 1 aliphatic heterocycles. The van der Waals surface area contributed by atoms with Gasteiger partial charge in [-0.05, 0) is 59.4 Å². The van der Waals surface area contributed by atoms with Gasteiger partial charge in [0, 0.05) is 54.5 Å². The number of carbonyl (C=O) groups is 4. The molecule has 0 radical (unpaired) electrons. The molecule has 0 aliphatic carbocycles. The lowest BCUT2D eigenvalue weighted by molar-refractivity contribution is -0.141. The number of aliphatic imine (C=N–C) groups is 1. The van der Waals surface area contributed by atoms with Gasteiger partial charge in [-0.1, -0.05) is 36.9 Å². The SMILES string of the molecule is C=C([C@H](Cc1ccccc1)NC(=O)C(C)(C)NC(=O)[C@H]1CCCN1C(=O)[C@H](CN=C(N(C)C)N(C)C)NC(=O)OC(C)(C)C)N(C)C. The van der Waals surface area contributed by atoms with Crippen molar-refractivity contribution in [3.63, 3.8) is 0 Å². The topological polar surface area (TPSA) is 139 Å². The van der Waals surface area contributed by atoms with E-state index in [2.05, 4.69) is 27.5 Å². The van der Waals surface area contributed by atoms with E-state index in [4.69, 9.17) is 4.74 Å². The first-order chi connectivity index (χ1) is 21.7. The van der Waals surface area contributed by atoms with Crippen molar-refractivity contribution in [2.24, 2.45) is 4.99 Å². The van der Waals surface area contributed by atoms with Crippen LogP contribution in [0.2, 0.25) is 0 Å². The number of amides is 4. The van der Waals surface area contributed by atoms with Crippen LogP contribution in [-0.4, -0.2) is 134 Å². The average molecular weight is 657 g/mol. The first-order valence-corrected chi connectivity index (χ1v) is 16.0. The molecule has 0 unspecified atom stereocenters. The summed E-state index contributed by atoms with van der Waals surface area (Å²) in [6.45, 7) is 12.9. The second-order valence-corrected chi connectivity index (χ2v) is 14.0. The van der Waals surface area contributed by atoms with E-state index in [1.165, 1.54) is 4.90 Å². The minimum atomic E-state index is -1.30. The largest absolute Gasteiger partial charge is 0.444 e. The van der Waals surface area contributed by atoms with Crippen molar-refractivity contribution in [1.82, 2.24) is 35.6 Å². The van der Waals surface area contributed by atoms with Gasteiger partial charge < -0.3 is 40.3 Å². The molecular formula is C34H56N8O5. The monoisotopic (exact) mass is 656 g/mol. The van der Waals surface area contributed by atoms with E-state index in [0.717, 1.165) is 11.3 Å². The maximum absolute atomic E-state index is 14.0. The smallest absolute Gasteiger partial charge is 0.408 e. The van der Waals surface area contributed by atoms with Crippen molar-refractivity contribution in [2.75, 3.05) is 55.4 Å². The minimum Gasteiger partial charge on any atom is -0.444 e. The van der Waals surface area contributed by atoms with E-state index in [1.807, 2.05) is 77.5 Å². The molecule has 13 nitrogen and oxygen atoms in total. The van der Waals surface area contributed by atoms with Crippen molar-refractivity contribution in [3.8, 4) is 0 Å². The molecule has 262 valence electrons. The van der Waals surface area contributed by atoms with E-state index in [-0.39, 0.29) is 12.5 Å². The van der Waals surface area contributed by atoms with Crippen LogP contribution in [0.1, 0.15) is 53.0 Å². The van der Waals surface area contributed by atoms with Crippen LogP contribution in [0.3, 0.4) is 0 Å². The van der Waals surface area contributed by atoms with Crippen LogP contribution in [0.25, 0.3) is 0 Å². The summed E-state index contributed by atoms with van der Waals surface area (Å²) < 4.78 is 5.43. The predicted octanol–water partition coefficient (Wildman–Crippen LogP) is 2.05. The van der Waals surface area contributed by atoms with Crippen LogP contribution in [-0.2, 0) is 25.5 Å². The molecule has 47 heavy (non-hydrogen) atoms. The van der Waals surface area contributed by atoms with Crippen LogP contribution in [0.4, 0.5) is 4.79 Å². The van der Waals surface area contributed by atoms with Gasteiger partial charge in [0.1, 0.15) is 23.2 Å². The lowest BCUT2D eigenvalue weighted by Crippen LogP contribution is -2.61. The van der Waals surface area contributed by atoms with Gasteiger partial charge in [-0.25, -0.2) is 4.79 Å². The van der Waals surface area contributed by atoms with Gasteiger partial charge in [0.15, 0.2) is 5.96 Å². The number of hydrogen-bond acceptors (Lipinski definition) is 7. The zero-order chi connectivity index (χ0) is 35.7. The van der Waals surface area contributed by atoms with E-state index in [1.54, 1.807) is 44.4 Å². The number of rotatable bonds is 12. The van der Waals surface area contributed by atoms with Crippen molar-refractivity contribution < 1.29 is 23.9 Å². The summed E-state index contributed by atoms with van der Waals surface area (Å²) in [5.41, 5.74) is -0.332. The quantitative estimate of drug-likeness (QED) is 0.230. The second-order valence-electron chi connectivity index (χ2n) is 14.0. The van der Waals surface area contributed by atoms with E-state index < -0.39 is 47.2 Å². The molecule has 3 atom stereocenters. The zero-order valence-electron chi connectivity index (χ0n) is 30.1. The van der Waals surface area contributed by atoms with Gasteiger partial charge in [-0.15, -0.1) is 0 Å². The third-order valence-electron chi connectivity index (χ3n) is 7.61. The lowest BCUT2D eigenvalue weighted by atomic mass is 9.99. The van der Waals surface area contributed by atoms with Gasteiger partial charge >= 0.3 is 6.09 Å². The first kappa shape index (κ1) is 38.9. The summed E-state index contributed by atoms with van der Waals surface area (Å²) in [5, 5.41) is 8.60. The molecule has 1 fully saturated rings. The Morgan fingerprint density at radius 2 is 1.53 bits per heavy atom. The molecule has 2 rings (SSSR count). The number of nitrogens with one attached hydrogen (secondary N) is 3. The minimum absolute atomic E-state index is 0.0684. The number of carbonyl (C=O) groups excluding carboxylic acids is 4. The van der Waals surface area contributed by atoms with Crippen molar-refractivity contribution in [3.05, 3.63) is 48.2 Å². The van der Waals surface area contributed by atoms with Crippen molar-refractivity contribution in [1.29, 1.82) is 0 Å². The summed E-state index contributed by atoms with van der Waals surface area (Å²) >= 11 is 0. The average Bonchev–Trinajstić information content (AvgIpc) is 3.45. The highest BCUT2D eigenvalue weighted by Crippen LogP contribution is 2.21. The molecule has 1 saturated heterocycles. The summed E-state index contributed by atoms with van der Waals surface area (Å²) in [4.78, 5) is 65.5. The van der Waals surface area contributed by atoms with E-state index >= 15 is 0 Å². The summed E-state index contributed by atoms with van der Waals surface area (Å²) in [6, 6.07) is 7.46. The van der Waals surface area contributed by atoms with E-state index in [9.17, 15) is 19.2 Å². The molecular weight excluding hydrogens is 600 g/mol. The molecule has 1 heterocycles. The Balaban J connectivity index is 2.25. The highest BCUT2D eigenvalue weighted by atomic mass is 16.6. The molecule has 1 aliphatic rings. The summed E-state index contributed by atoms with van der Waals surface area (Å²) in [6.07, 6.45) is 0.758. The number of guanidine groups is 1. The number of benzene rings is 1. The fraction of sp³-hybridized carbons (Fsp3) is 0.618. The van der Waals surface area contributed by atoms with Gasteiger partial charge in [0.2, 0.25) is 17.7 Å². The van der Waals surface area contributed by atoms with Crippen LogP contribution in [0.15, 0.2) is 47.6 Å². The number of likely N-dealkylation sites (N-methyl/N-ethyl adjacent to an activating group) is 1. The molecule has 3 N–H and O–H groups in total. The lowest BCUT2D eigenvalue weighted by Gasteiger charge is -2.34. The Morgan fingerprint density at radius 1 is 0.936 bits per heavy atom. The van der Waals surface area contributed by atoms with Gasteiger partial charge in [-0.2, -0.15) is 0 Å². The Kier molecular flexibility index (Phi) is 13.7.